The Morgan fingerprint density at radius 1 is 0.716 bits per heavy atom. The lowest BCUT2D eigenvalue weighted by Crippen LogP contribution is -2.36. The van der Waals surface area contributed by atoms with E-state index >= 15 is 0 Å². The molecule has 0 saturated carbocycles. The SMILES string of the molecule is Nc1ccc2c(O)c(N=Nc3cccc(C(=O)N(CCS(=O)(=O)CCOS(=O)(=O)O)c4ccccc4)c3)c(SOOO)cc2c1N=Nc1ccc(S(=O)(=O)CCOSOOO)cc1S(=O)(=O)O. The third kappa shape index (κ3) is 14.9. The Labute approximate surface area is 388 Å². The number of fused-ring (bicyclic) bond motifs is 1. The molecule has 1 amide bonds. The molecule has 0 aliphatic carbocycles. The quantitative estimate of drug-likeness (QED) is 0.00752. The zero-order valence-corrected chi connectivity index (χ0v) is 38.4. The van der Waals surface area contributed by atoms with E-state index in [0.29, 0.717) is 23.8 Å². The number of para-hydroxylation sites is 1. The summed E-state index contributed by atoms with van der Waals surface area (Å²) in [5, 5.41) is 51.9. The number of carbonyl (C=O) groups excluding carboxylic acids is 1. The van der Waals surface area contributed by atoms with Crippen molar-refractivity contribution in [2.45, 2.75) is 14.7 Å². The highest BCUT2D eigenvalue weighted by Crippen LogP contribution is 2.48. The number of phenolic OH excluding ortho intramolecular Hbond substituents is 1. The number of nitrogens with two attached hydrogens (primary N) is 1. The fourth-order valence-electron chi connectivity index (χ4n) is 5.67. The number of nitrogen functional groups attached to an aromatic ring is 1. The summed E-state index contributed by atoms with van der Waals surface area (Å²) in [4.78, 5) is 13.4. The van der Waals surface area contributed by atoms with E-state index in [2.05, 4.69) is 43.4 Å². The van der Waals surface area contributed by atoms with Crippen molar-refractivity contribution in [3.05, 3.63) is 96.6 Å². The number of rotatable bonds is 24. The Balaban J connectivity index is 1.47. The summed E-state index contributed by atoms with van der Waals surface area (Å²) in [6.45, 7) is -1.74. The third-order valence-electron chi connectivity index (χ3n) is 8.68. The standard InChI is InChI=1S/C35H34N6O20S6/c36-28-11-10-26-27(32(28)39-38-29-12-9-25(20-31(29)66(50,51)52)65(48,49)18-14-56-63-61-59-45)21-30(62-60-58-44)33(34(26)42)40-37-23-6-4-5-22(19-23)35(43)41(24-7-2-1-3-8-24)13-16-64(46,47)17-15-57-67(53,54)55/h1-12,19-21,42,44-45H,13-18,36H2,(H,50,51,52)(H,53,54,55). The highest BCUT2D eigenvalue weighted by Gasteiger charge is 2.25. The molecule has 5 rings (SSSR count). The van der Waals surface area contributed by atoms with Crippen LogP contribution in [0.25, 0.3) is 10.8 Å². The lowest BCUT2D eigenvalue weighted by Gasteiger charge is -2.23. The Morgan fingerprint density at radius 2 is 1.43 bits per heavy atom. The number of amides is 1. The van der Waals surface area contributed by atoms with Crippen LogP contribution in [0.1, 0.15) is 10.4 Å². The van der Waals surface area contributed by atoms with E-state index < -0.39 is 97.8 Å². The van der Waals surface area contributed by atoms with Gasteiger partial charge in [-0.15, -0.1) is 24.0 Å². The number of hydrogen-bond acceptors (Lipinski definition) is 25. The monoisotopic (exact) mass is 1050 g/mol. The molecule has 0 aromatic heterocycles. The van der Waals surface area contributed by atoms with Crippen LogP contribution in [-0.2, 0) is 67.3 Å². The smallest absolute Gasteiger partial charge is 0.397 e. The van der Waals surface area contributed by atoms with Crippen molar-refractivity contribution in [2.24, 2.45) is 20.5 Å². The molecule has 0 unspecified atom stereocenters. The molecule has 32 heteroatoms. The van der Waals surface area contributed by atoms with Crippen molar-refractivity contribution in [2.75, 3.05) is 47.7 Å². The van der Waals surface area contributed by atoms with Crippen molar-refractivity contribution >= 4 is 115 Å². The number of phenols is 1. The van der Waals surface area contributed by atoms with Crippen LogP contribution in [0.15, 0.2) is 126 Å². The zero-order valence-electron chi connectivity index (χ0n) is 33.5. The number of aromatic hydroxyl groups is 1. The van der Waals surface area contributed by atoms with Gasteiger partial charge in [0.2, 0.25) is 0 Å². The molecule has 0 atom stereocenters. The van der Waals surface area contributed by atoms with E-state index in [4.69, 9.17) is 25.0 Å². The second kappa shape index (κ2) is 23.2. The fraction of sp³-hybridized carbons (Fsp3) is 0.171. The van der Waals surface area contributed by atoms with Gasteiger partial charge in [-0.3, -0.25) is 18.1 Å². The molecule has 360 valence electrons. The summed E-state index contributed by atoms with van der Waals surface area (Å²) in [6.07, 6.45) is 0. The number of carbonyl (C=O) groups is 1. The van der Waals surface area contributed by atoms with Crippen LogP contribution in [0.4, 0.5) is 34.1 Å². The van der Waals surface area contributed by atoms with Gasteiger partial charge < -0.3 is 15.7 Å². The van der Waals surface area contributed by atoms with Gasteiger partial charge in [0.15, 0.2) is 37.7 Å². The first-order valence-electron chi connectivity index (χ1n) is 18.1. The van der Waals surface area contributed by atoms with Crippen LogP contribution in [0.3, 0.4) is 0 Å². The van der Waals surface area contributed by atoms with E-state index in [1.165, 1.54) is 42.5 Å². The van der Waals surface area contributed by atoms with Crippen molar-refractivity contribution in [1.29, 1.82) is 0 Å². The molecule has 67 heavy (non-hydrogen) atoms. The number of benzene rings is 5. The molecule has 5 aromatic rings. The number of sulfone groups is 2. The van der Waals surface area contributed by atoms with Gasteiger partial charge in [-0.2, -0.15) is 21.9 Å². The van der Waals surface area contributed by atoms with Crippen LogP contribution < -0.4 is 10.6 Å². The van der Waals surface area contributed by atoms with E-state index in [0.717, 1.165) is 17.0 Å². The summed E-state index contributed by atoms with van der Waals surface area (Å²) in [6, 6.07) is 20.1. The van der Waals surface area contributed by atoms with Crippen molar-refractivity contribution < 1.29 is 90.3 Å². The maximum Gasteiger partial charge on any atom is 0.397 e. The maximum absolute atomic E-state index is 13.9. The van der Waals surface area contributed by atoms with Crippen LogP contribution in [0.5, 0.6) is 5.75 Å². The predicted molar refractivity (Wildman–Crippen MR) is 236 cm³/mol. The molecule has 5 aromatic carbocycles. The van der Waals surface area contributed by atoms with Crippen LogP contribution in [0, 0.1) is 0 Å². The predicted octanol–water partition coefficient (Wildman–Crippen LogP) is 6.29. The minimum absolute atomic E-state index is 0.000996. The summed E-state index contributed by atoms with van der Waals surface area (Å²) in [7, 11) is -18.3. The van der Waals surface area contributed by atoms with Crippen molar-refractivity contribution in [3.8, 4) is 5.75 Å². The molecular weight excluding hydrogens is 1020 g/mol. The van der Waals surface area contributed by atoms with Gasteiger partial charge in [0.05, 0.1) is 63.7 Å². The Hall–Kier alpha value is -5.27. The molecule has 0 radical (unpaired) electrons. The van der Waals surface area contributed by atoms with Gasteiger partial charge in [0.25, 0.3) is 16.0 Å². The van der Waals surface area contributed by atoms with Gasteiger partial charge in [-0.05, 0) is 66.7 Å². The zero-order chi connectivity index (χ0) is 49.0. The first kappa shape index (κ1) is 52.7. The fourth-order valence-corrected chi connectivity index (χ4v) is 9.72. The second-order valence-electron chi connectivity index (χ2n) is 13.0. The van der Waals surface area contributed by atoms with E-state index in [9.17, 15) is 48.1 Å². The minimum Gasteiger partial charge on any atom is -0.505 e. The molecule has 0 saturated heterocycles. The molecule has 0 heterocycles. The number of anilines is 2. The highest BCUT2D eigenvalue weighted by atomic mass is 32.3. The molecule has 0 aliphatic rings. The Bertz CT molecular complexity index is 3110. The second-order valence-corrected chi connectivity index (χ2v) is 21.1. The van der Waals surface area contributed by atoms with Crippen molar-refractivity contribution in [3.63, 3.8) is 0 Å². The minimum atomic E-state index is -5.14. The summed E-state index contributed by atoms with van der Waals surface area (Å²) >= 11 is 0.434. The molecule has 26 nitrogen and oxygen atoms in total. The van der Waals surface area contributed by atoms with Crippen LogP contribution >= 0.6 is 24.4 Å². The third-order valence-corrected chi connectivity index (χ3v) is 14.3. The average Bonchev–Trinajstić information content (AvgIpc) is 3.27. The molecule has 0 bridgehead atoms. The van der Waals surface area contributed by atoms with Gasteiger partial charge in [-0.1, -0.05) is 34.3 Å². The van der Waals surface area contributed by atoms with E-state index in [1.807, 2.05) is 0 Å². The Kier molecular flexibility index (Phi) is 18.2. The lowest BCUT2D eigenvalue weighted by atomic mass is 10.1. The van der Waals surface area contributed by atoms with Gasteiger partial charge in [0.1, 0.15) is 22.0 Å². The molecule has 0 aliphatic heterocycles. The van der Waals surface area contributed by atoms with Gasteiger partial charge in [0, 0.05) is 28.6 Å². The average molecular weight is 1050 g/mol. The molecule has 0 fully saturated rings. The van der Waals surface area contributed by atoms with E-state index in [-0.39, 0.29) is 62.8 Å². The highest BCUT2D eigenvalue weighted by molar-refractivity contribution is 7.94. The molecule has 7 N–H and O–H groups in total. The first-order chi connectivity index (χ1) is 31.6. The largest absolute Gasteiger partial charge is 0.505 e. The summed E-state index contributed by atoms with van der Waals surface area (Å²) < 4.78 is 134. The number of azo groups is 2. The summed E-state index contributed by atoms with van der Waals surface area (Å²) in [5.41, 5.74) is 5.45. The normalized spacial score (nSPS) is 12.7. The van der Waals surface area contributed by atoms with Crippen LogP contribution in [0.2, 0.25) is 0 Å². The maximum atomic E-state index is 13.9. The first-order valence-corrected chi connectivity index (χ1v) is 25.8. The molecule has 0 spiro atoms. The van der Waals surface area contributed by atoms with Crippen LogP contribution in [-0.4, -0.2) is 101 Å². The topological polar surface area (TPSA) is 389 Å². The number of nitrogens with zero attached hydrogens (tertiary/aromatic N) is 5. The summed E-state index contributed by atoms with van der Waals surface area (Å²) in [5.74, 6) is -3.37. The van der Waals surface area contributed by atoms with Gasteiger partial charge >= 0.3 is 10.4 Å². The van der Waals surface area contributed by atoms with Crippen molar-refractivity contribution in [1.82, 2.24) is 0 Å². The van der Waals surface area contributed by atoms with E-state index in [1.54, 1.807) is 30.3 Å². The number of hydrogen-bond donors (Lipinski definition) is 6. The Morgan fingerprint density at radius 3 is 2.12 bits per heavy atom. The van der Waals surface area contributed by atoms with Gasteiger partial charge in [-0.25, -0.2) is 31.5 Å². The molecular formula is C35H34N6O20S6. The lowest BCUT2D eigenvalue weighted by molar-refractivity contribution is -0.434.